The zero-order chi connectivity index (χ0) is 21.8. The fraction of sp³-hybridized carbons (Fsp3) is 0.316. The first-order valence-electron chi connectivity index (χ1n) is 8.73. The number of carbonyl (C=O) groups excluding carboxylic acids is 1. The van der Waals surface area contributed by atoms with Crippen LogP contribution in [0, 0.1) is 0 Å². The van der Waals surface area contributed by atoms with Crippen molar-refractivity contribution in [3.05, 3.63) is 53.6 Å². The minimum absolute atomic E-state index is 0.0199. The first kappa shape index (κ1) is 22.5. The molecule has 0 radical (unpaired) electrons. The van der Waals surface area contributed by atoms with Gasteiger partial charge in [0.2, 0.25) is 10.0 Å². The molecule has 10 heteroatoms. The van der Waals surface area contributed by atoms with E-state index in [0.717, 1.165) is 6.07 Å². The van der Waals surface area contributed by atoms with Crippen molar-refractivity contribution in [3.8, 4) is 0 Å². The average molecular weight is 429 g/mol. The maximum atomic E-state index is 13.4. The first-order valence-corrected chi connectivity index (χ1v) is 10.4. The van der Waals surface area contributed by atoms with Gasteiger partial charge in [-0.05, 0) is 42.8 Å². The zero-order valence-electron chi connectivity index (χ0n) is 16.2. The predicted molar refractivity (Wildman–Crippen MR) is 108 cm³/mol. The first-order chi connectivity index (χ1) is 13.4. The van der Waals surface area contributed by atoms with Crippen molar-refractivity contribution in [2.24, 2.45) is 0 Å². The molecule has 0 heterocycles. The van der Waals surface area contributed by atoms with Crippen LogP contribution < -0.4 is 14.9 Å². The largest absolute Gasteiger partial charge is 0.418 e. The van der Waals surface area contributed by atoms with Gasteiger partial charge in [0.15, 0.2) is 0 Å². The minimum atomic E-state index is -4.66. The number of carbonyl (C=O) groups is 1. The Bertz CT molecular complexity index is 990. The molecular weight excluding hydrogens is 407 g/mol. The lowest BCUT2D eigenvalue weighted by atomic mass is 10.1. The van der Waals surface area contributed by atoms with Gasteiger partial charge in [-0.15, -0.1) is 0 Å². The summed E-state index contributed by atoms with van der Waals surface area (Å²) in [5.74, 6) is -0.874. The number of hydrogen-bond donors (Lipinski definition) is 2. The molecule has 0 atom stereocenters. The van der Waals surface area contributed by atoms with Crippen LogP contribution in [0.25, 0.3) is 0 Å². The molecule has 0 fully saturated rings. The zero-order valence-corrected chi connectivity index (χ0v) is 17.0. The standard InChI is InChI=1S/C19H22F3N3O3S/c1-4-10-29(27,28)24-14-7-5-6-13(11-14)18(26)23-17-9-8-15(25(2)3)12-16(17)19(20,21)22/h5-9,11-12,24H,4,10H2,1-3H3,(H,23,26). The van der Waals surface area contributed by atoms with Gasteiger partial charge < -0.3 is 10.2 Å². The van der Waals surface area contributed by atoms with Crippen LogP contribution in [0.2, 0.25) is 0 Å². The van der Waals surface area contributed by atoms with Gasteiger partial charge >= 0.3 is 6.18 Å². The van der Waals surface area contributed by atoms with Crippen molar-refractivity contribution in [2.45, 2.75) is 19.5 Å². The molecule has 0 saturated heterocycles. The number of nitrogens with one attached hydrogen (secondary N) is 2. The third-order valence-electron chi connectivity index (χ3n) is 3.94. The number of rotatable bonds is 7. The highest BCUT2D eigenvalue weighted by Gasteiger charge is 2.34. The van der Waals surface area contributed by atoms with E-state index in [0.29, 0.717) is 12.1 Å². The molecule has 2 N–H and O–H groups in total. The molecule has 0 aliphatic heterocycles. The Labute approximate surface area is 167 Å². The summed E-state index contributed by atoms with van der Waals surface area (Å²) in [6.45, 7) is 1.71. The van der Waals surface area contributed by atoms with Crippen LogP contribution in [0.1, 0.15) is 29.3 Å². The number of benzene rings is 2. The quantitative estimate of drug-likeness (QED) is 0.692. The highest BCUT2D eigenvalue weighted by molar-refractivity contribution is 7.92. The molecule has 0 aliphatic rings. The summed E-state index contributed by atoms with van der Waals surface area (Å²) >= 11 is 0. The minimum Gasteiger partial charge on any atom is -0.378 e. The Kier molecular flexibility index (Phi) is 6.78. The van der Waals surface area contributed by atoms with Crippen LogP contribution >= 0.6 is 0 Å². The van der Waals surface area contributed by atoms with E-state index in [4.69, 9.17) is 0 Å². The highest BCUT2D eigenvalue weighted by Crippen LogP contribution is 2.37. The van der Waals surface area contributed by atoms with E-state index in [1.165, 1.54) is 41.3 Å². The number of amides is 1. The van der Waals surface area contributed by atoms with E-state index in [2.05, 4.69) is 10.0 Å². The third-order valence-corrected chi connectivity index (χ3v) is 5.44. The number of alkyl halides is 3. The molecule has 2 aromatic carbocycles. The summed E-state index contributed by atoms with van der Waals surface area (Å²) in [5.41, 5.74) is -0.846. The smallest absolute Gasteiger partial charge is 0.378 e. The monoisotopic (exact) mass is 429 g/mol. The maximum absolute atomic E-state index is 13.4. The van der Waals surface area contributed by atoms with Crippen molar-refractivity contribution >= 4 is 33.0 Å². The topological polar surface area (TPSA) is 78.5 Å². The Morgan fingerprint density at radius 1 is 1.10 bits per heavy atom. The lowest BCUT2D eigenvalue weighted by Gasteiger charge is -2.19. The Balaban J connectivity index is 2.30. The van der Waals surface area contributed by atoms with E-state index in [-0.39, 0.29) is 22.7 Å². The number of halogens is 3. The SMILES string of the molecule is CCCS(=O)(=O)Nc1cccc(C(=O)Nc2ccc(N(C)C)cc2C(F)(F)F)c1. The van der Waals surface area contributed by atoms with Gasteiger partial charge in [0, 0.05) is 31.0 Å². The van der Waals surface area contributed by atoms with E-state index < -0.39 is 27.7 Å². The summed E-state index contributed by atoms with van der Waals surface area (Å²) in [4.78, 5) is 14.0. The van der Waals surface area contributed by atoms with Crippen molar-refractivity contribution in [2.75, 3.05) is 34.8 Å². The van der Waals surface area contributed by atoms with Crippen LogP contribution in [-0.4, -0.2) is 34.2 Å². The van der Waals surface area contributed by atoms with E-state index in [1.54, 1.807) is 21.0 Å². The number of hydrogen-bond acceptors (Lipinski definition) is 4. The second-order valence-corrected chi connectivity index (χ2v) is 8.42. The summed E-state index contributed by atoms with van der Waals surface area (Å²) in [6.07, 6.45) is -4.25. The molecule has 0 aliphatic carbocycles. The fourth-order valence-corrected chi connectivity index (χ4v) is 3.70. The molecule has 0 spiro atoms. The van der Waals surface area contributed by atoms with Gasteiger partial charge in [-0.1, -0.05) is 13.0 Å². The lowest BCUT2D eigenvalue weighted by Crippen LogP contribution is -2.19. The molecule has 1 amide bonds. The average Bonchev–Trinajstić information content (AvgIpc) is 2.60. The van der Waals surface area contributed by atoms with Crippen LogP contribution in [-0.2, 0) is 16.2 Å². The fourth-order valence-electron chi connectivity index (χ4n) is 2.57. The van der Waals surface area contributed by atoms with Gasteiger partial charge in [-0.2, -0.15) is 13.2 Å². The van der Waals surface area contributed by atoms with Gasteiger partial charge in [-0.3, -0.25) is 9.52 Å². The van der Waals surface area contributed by atoms with E-state index in [1.807, 2.05) is 0 Å². The van der Waals surface area contributed by atoms with Crippen LogP contribution in [0.15, 0.2) is 42.5 Å². The number of nitrogens with zero attached hydrogens (tertiary/aromatic N) is 1. The Morgan fingerprint density at radius 3 is 2.38 bits per heavy atom. The van der Waals surface area contributed by atoms with Gasteiger partial charge in [0.25, 0.3) is 5.91 Å². The summed E-state index contributed by atoms with van der Waals surface area (Å²) in [5, 5.41) is 2.26. The number of sulfonamides is 1. The summed E-state index contributed by atoms with van der Waals surface area (Å²) in [6, 6.07) is 9.14. The van der Waals surface area contributed by atoms with Crippen molar-refractivity contribution < 1.29 is 26.4 Å². The molecule has 2 aromatic rings. The highest BCUT2D eigenvalue weighted by atomic mass is 32.2. The Hall–Kier alpha value is -2.75. The molecule has 2 rings (SSSR count). The molecule has 0 saturated carbocycles. The van der Waals surface area contributed by atoms with Crippen molar-refractivity contribution in [1.29, 1.82) is 0 Å². The second-order valence-electron chi connectivity index (χ2n) is 6.58. The lowest BCUT2D eigenvalue weighted by molar-refractivity contribution is -0.136. The molecular formula is C19H22F3N3O3S. The predicted octanol–water partition coefficient (Wildman–Crippen LogP) is 4.18. The third kappa shape index (κ3) is 6.11. The molecule has 158 valence electrons. The van der Waals surface area contributed by atoms with Crippen molar-refractivity contribution in [1.82, 2.24) is 0 Å². The Morgan fingerprint density at radius 2 is 1.79 bits per heavy atom. The normalized spacial score (nSPS) is 11.8. The summed E-state index contributed by atoms with van der Waals surface area (Å²) in [7, 11) is -0.340. The number of anilines is 3. The van der Waals surface area contributed by atoms with Crippen molar-refractivity contribution in [3.63, 3.8) is 0 Å². The summed E-state index contributed by atoms with van der Waals surface area (Å²) < 4.78 is 66.3. The van der Waals surface area contributed by atoms with Gasteiger partial charge in [-0.25, -0.2) is 8.42 Å². The molecule has 0 aromatic heterocycles. The molecule has 6 nitrogen and oxygen atoms in total. The molecule has 29 heavy (non-hydrogen) atoms. The van der Waals surface area contributed by atoms with E-state index in [9.17, 15) is 26.4 Å². The van der Waals surface area contributed by atoms with Gasteiger partial charge in [0.1, 0.15) is 0 Å². The van der Waals surface area contributed by atoms with Crippen LogP contribution in [0.3, 0.4) is 0 Å². The second kappa shape index (κ2) is 8.73. The maximum Gasteiger partial charge on any atom is 0.418 e. The van der Waals surface area contributed by atoms with E-state index >= 15 is 0 Å². The van der Waals surface area contributed by atoms with Gasteiger partial charge in [0.05, 0.1) is 17.0 Å². The molecule has 0 bridgehead atoms. The van der Waals surface area contributed by atoms with Crippen LogP contribution in [0.4, 0.5) is 30.2 Å². The van der Waals surface area contributed by atoms with Crippen LogP contribution in [0.5, 0.6) is 0 Å². The molecule has 0 unspecified atom stereocenters.